The molecule has 1 aliphatic carbocycles. The van der Waals surface area contributed by atoms with E-state index >= 15 is 0 Å². The van der Waals surface area contributed by atoms with Gasteiger partial charge in [0.2, 0.25) is 5.91 Å². The van der Waals surface area contributed by atoms with E-state index in [-0.39, 0.29) is 61.0 Å². The topological polar surface area (TPSA) is 157 Å². The molecule has 2 N–H and O–H groups in total. The third-order valence-electron chi connectivity index (χ3n) is 8.19. The number of imide groups is 1. The predicted octanol–water partition coefficient (Wildman–Crippen LogP) is 3.16. The third kappa shape index (κ3) is 6.68. The molecular weight excluding hydrogens is 592 g/mol. The number of ether oxygens (including phenoxy) is 3. The molecule has 3 amide bonds. The van der Waals surface area contributed by atoms with Crippen molar-refractivity contribution in [1.29, 1.82) is 0 Å². The van der Waals surface area contributed by atoms with Crippen molar-refractivity contribution in [1.82, 2.24) is 20.2 Å². The number of benzene rings is 2. The van der Waals surface area contributed by atoms with Crippen molar-refractivity contribution in [2.45, 2.75) is 38.1 Å². The summed E-state index contributed by atoms with van der Waals surface area (Å²) >= 11 is 0. The summed E-state index contributed by atoms with van der Waals surface area (Å²) in [5.41, 5.74) is 3.44. The van der Waals surface area contributed by atoms with Crippen LogP contribution in [0.15, 0.2) is 54.9 Å². The number of Topliss-reactive ketones (excluding diaryl/α,β-unsaturated/α-hetero) is 2. The average Bonchev–Trinajstić information content (AvgIpc) is 3.55. The van der Waals surface area contributed by atoms with Crippen molar-refractivity contribution >= 4 is 51.1 Å². The number of amides is 3. The Morgan fingerprint density at radius 2 is 1.76 bits per heavy atom. The van der Waals surface area contributed by atoms with E-state index < -0.39 is 23.6 Å². The van der Waals surface area contributed by atoms with Crippen LogP contribution < -0.4 is 10.1 Å². The molecule has 0 bridgehead atoms. The van der Waals surface area contributed by atoms with E-state index in [2.05, 4.69) is 27.4 Å². The van der Waals surface area contributed by atoms with Gasteiger partial charge >= 0.3 is 0 Å². The van der Waals surface area contributed by atoms with Crippen LogP contribution in [0, 0.1) is 0 Å². The summed E-state index contributed by atoms with van der Waals surface area (Å²) in [6.07, 6.45) is 4.64. The Labute approximate surface area is 264 Å². The highest BCUT2D eigenvalue weighted by Gasteiger charge is 2.45. The highest BCUT2D eigenvalue weighted by atomic mass is 16.5. The van der Waals surface area contributed by atoms with Gasteiger partial charge in [0.05, 0.1) is 50.0 Å². The Balaban J connectivity index is 0.847. The van der Waals surface area contributed by atoms with Crippen LogP contribution in [0.1, 0.15) is 52.0 Å². The Kier molecular flexibility index (Phi) is 9.46. The van der Waals surface area contributed by atoms with Crippen molar-refractivity contribution in [2.24, 2.45) is 0 Å². The van der Waals surface area contributed by atoms with E-state index in [1.165, 1.54) is 6.07 Å². The van der Waals surface area contributed by atoms with Crippen molar-refractivity contribution < 1.29 is 38.2 Å². The van der Waals surface area contributed by atoms with Gasteiger partial charge in [-0.1, -0.05) is 18.2 Å². The third-order valence-corrected chi connectivity index (χ3v) is 8.19. The first-order chi connectivity index (χ1) is 22.4. The van der Waals surface area contributed by atoms with Crippen LogP contribution in [0.25, 0.3) is 21.8 Å². The number of ketones is 2. The van der Waals surface area contributed by atoms with Crippen LogP contribution >= 0.6 is 0 Å². The summed E-state index contributed by atoms with van der Waals surface area (Å²) in [6.45, 7) is 1.73. The summed E-state index contributed by atoms with van der Waals surface area (Å²) in [5.74, 6) is -1.54. The minimum absolute atomic E-state index is 0.0471. The molecule has 4 aromatic rings. The second-order valence-electron chi connectivity index (χ2n) is 11.2. The molecule has 2 aromatic carbocycles. The second kappa shape index (κ2) is 14.0. The van der Waals surface area contributed by atoms with Crippen molar-refractivity contribution in [3.63, 3.8) is 0 Å². The number of pyridine rings is 1. The molecule has 2 aromatic heterocycles. The zero-order chi connectivity index (χ0) is 32.0. The molecular formula is C34H34N4O8. The number of nitrogens with zero attached hydrogens (tertiary/aromatic N) is 2. The molecule has 1 saturated carbocycles. The van der Waals surface area contributed by atoms with Crippen molar-refractivity contribution in [3.05, 3.63) is 71.5 Å². The largest absolute Gasteiger partial charge is 0.490 e. The van der Waals surface area contributed by atoms with Gasteiger partial charge in [-0.3, -0.25) is 33.9 Å². The Morgan fingerprint density at radius 3 is 2.61 bits per heavy atom. The number of aryl methyl sites for hydroxylation is 1. The molecule has 0 radical (unpaired) electrons. The second-order valence-corrected chi connectivity index (χ2v) is 11.2. The molecule has 3 heterocycles. The first-order valence-corrected chi connectivity index (χ1v) is 15.4. The van der Waals surface area contributed by atoms with E-state index in [4.69, 9.17) is 14.2 Å². The standard InChI is InChI=1S/C34H34N4O8/c39-22-6-8-28(29(40)19-22)38-33(42)24-2-1-3-30(32(24)34(38)43)46-17-16-45-15-14-44-13-12-36-31(41)9-5-21-4-7-23-25-20-35-11-10-26(25)37-27(23)18-21/h1-4,7,10-11,18,20,28,37H,5-6,8-9,12-17,19H2,(H,36,41). The fraction of sp³-hybridized carbons (Fsp3) is 0.353. The minimum atomic E-state index is -0.931. The van der Waals surface area contributed by atoms with Gasteiger partial charge in [0.25, 0.3) is 11.8 Å². The maximum atomic E-state index is 13.1. The minimum Gasteiger partial charge on any atom is -0.490 e. The number of nitrogens with one attached hydrogen (secondary N) is 2. The molecule has 1 unspecified atom stereocenters. The lowest BCUT2D eigenvalue weighted by Gasteiger charge is -2.27. The number of carbonyl (C=O) groups is 5. The lowest BCUT2D eigenvalue weighted by atomic mass is 9.92. The molecule has 12 nitrogen and oxygen atoms in total. The summed E-state index contributed by atoms with van der Waals surface area (Å²) in [6, 6.07) is 11.9. The van der Waals surface area contributed by atoms with E-state index in [9.17, 15) is 24.0 Å². The number of fused-ring (bicyclic) bond motifs is 4. The Hall–Kier alpha value is -4.94. The molecule has 1 fully saturated rings. The van der Waals surface area contributed by atoms with Crippen molar-refractivity contribution in [2.75, 3.05) is 39.6 Å². The fourth-order valence-electron chi connectivity index (χ4n) is 5.90. The number of rotatable bonds is 14. The average molecular weight is 627 g/mol. The molecule has 0 saturated heterocycles. The van der Waals surface area contributed by atoms with Crippen LogP contribution in [0.4, 0.5) is 0 Å². The van der Waals surface area contributed by atoms with Gasteiger partial charge < -0.3 is 24.5 Å². The first kappa shape index (κ1) is 31.1. The molecule has 2 aliphatic rings. The number of H-pyrrole nitrogens is 1. The fourth-order valence-corrected chi connectivity index (χ4v) is 5.90. The van der Waals surface area contributed by atoms with E-state index in [1.807, 2.05) is 18.3 Å². The summed E-state index contributed by atoms with van der Waals surface area (Å²) < 4.78 is 16.8. The Bertz CT molecular complexity index is 1820. The molecule has 46 heavy (non-hydrogen) atoms. The maximum Gasteiger partial charge on any atom is 0.266 e. The zero-order valence-corrected chi connectivity index (χ0v) is 25.2. The van der Waals surface area contributed by atoms with Crippen LogP contribution in [-0.4, -0.2) is 89.8 Å². The number of aromatic nitrogens is 2. The summed E-state index contributed by atoms with van der Waals surface area (Å²) in [7, 11) is 0. The number of aromatic amines is 1. The van der Waals surface area contributed by atoms with Crippen LogP contribution in [-0.2, 0) is 30.3 Å². The van der Waals surface area contributed by atoms with Gasteiger partial charge in [0.1, 0.15) is 18.1 Å². The summed E-state index contributed by atoms with van der Waals surface area (Å²) in [4.78, 5) is 70.9. The van der Waals surface area contributed by atoms with Crippen LogP contribution in [0.2, 0.25) is 0 Å². The van der Waals surface area contributed by atoms with Gasteiger partial charge in [-0.05, 0) is 42.7 Å². The van der Waals surface area contributed by atoms with Gasteiger partial charge in [-0.25, -0.2) is 0 Å². The highest BCUT2D eigenvalue weighted by molar-refractivity contribution is 6.24. The highest BCUT2D eigenvalue weighted by Crippen LogP contribution is 2.34. The SMILES string of the molecule is O=C1CCC(N2C(=O)c3cccc(OCCOCCOCCNC(=O)CCc4ccc5c(c4)[nH]c4ccncc45)c3C2=O)C(=O)C1. The van der Waals surface area contributed by atoms with Crippen molar-refractivity contribution in [3.8, 4) is 5.75 Å². The monoisotopic (exact) mass is 626 g/mol. The molecule has 0 spiro atoms. The van der Waals surface area contributed by atoms with Crippen LogP contribution in [0.3, 0.4) is 0 Å². The predicted molar refractivity (Wildman–Crippen MR) is 167 cm³/mol. The number of carbonyl (C=O) groups excluding carboxylic acids is 5. The first-order valence-electron chi connectivity index (χ1n) is 15.4. The lowest BCUT2D eigenvalue weighted by Crippen LogP contribution is -2.47. The zero-order valence-electron chi connectivity index (χ0n) is 25.2. The van der Waals surface area contributed by atoms with E-state index in [1.54, 1.807) is 18.3 Å². The molecule has 12 heteroatoms. The van der Waals surface area contributed by atoms with E-state index in [0.29, 0.717) is 39.2 Å². The van der Waals surface area contributed by atoms with Gasteiger partial charge in [0.15, 0.2) is 5.78 Å². The van der Waals surface area contributed by atoms with Gasteiger partial charge in [0, 0.05) is 53.6 Å². The molecule has 6 rings (SSSR count). The molecule has 1 aliphatic heterocycles. The maximum absolute atomic E-state index is 13.1. The van der Waals surface area contributed by atoms with Crippen LogP contribution in [0.5, 0.6) is 5.75 Å². The summed E-state index contributed by atoms with van der Waals surface area (Å²) in [5, 5.41) is 5.06. The van der Waals surface area contributed by atoms with Gasteiger partial charge in [-0.2, -0.15) is 0 Å². The molecule has 1 atom stereocenters. The number of hydrogen-bond donors (Lipinski definition) is 2. The quantitative estimate of drug-likeness (QED) is 0.122. The Morgan fingerprint density at radius 1 is 0.935 bits per heavy atom. The number of hydrogen-bond acceptors (Lipinski definition) is 9. The lowest BCUT2D eigenvalue weighted by molar-refractivity contribution is -0.132. The van der Waals surface area contributed by atoms with Gasteiger partial charge in [-0.15, -0.1) is 0 Å². The normalized spacial score (nSPS) is 16.4. The smallest absolute Gasteiger partial charge is 0.266 e. The molecule has 238 valence electrons. The van der Waals surface area contributed by atoms with E-state index in [0.717, 1.165) is 32.3 Å².